The number of hydrogen-bond acceptors (Lipinski definition) is 3. The molecule has 0 spiro atoms. The molecule has 3 nitrogen and oxygen atoms in total. The zero-order valence-electron chi connectivity index (χ0n) is 12.7. The van der Waals surface area contributed by atoms with Crippen molar-refractivity contribution in [3.05, 3.63) is 53.4 Å². The van der Waals surface area contributed by atoms with Crippen LogP contribution in [0.15, 0.2) is 46.5 Å². The minimum absolute atomic E-state index is 0.446. The third-order valence-electron chi connectivity index (χ3n) is 4.56. The van der Waals surface area contributed by atoms with Crippen molar-refractivity contribution in [1.29, 1.82) is 0 Å². The number of fused-ring (bicyclic) bond motifs is 3. The fourth-order valence-electron chi connectivity index (χ4n) is 3.46. The average molecular weight is 359 g/mol. The third kappa shape index (κ3) is 2.79. The van der Waals surface area contributed by atoms with Crippen LogP contribution in [0.5, 0.6) is 0 Å². The van der Waals surface area contributed by atoms with Gasteiger partial charge in [0.15, 0.2) is 0 Å². The predicted molar refractivity (Wildman–Crippen MR) is 89.1 cm³/mol. The Bertz CT molecular complexity index is 671. The van der Waals surface area contributed by atoms with Gasteiger partial charge in [0.05, 0.1) is 0 Å². The van der Waals surface area contributed by atoms with Crippen molar-refractivity contribution in [3.8, 4) is 0 Å². The molecule has 1 aromatic heterocycles. The first-order valence-electron chi connectivity index (χ1n) is 7.90. The SMILES string of the molecule is Cc1cc(/C=C2\C3CCN(CC3)[C@@H]2[Se]c2ccccc2)on1. The molecule has 2 aromatic rings. The predicted octanol–water partition coefficient (Wildman–Crippen LogP) is 2.45. The van der Waals surface area contributed by atoms with E-state index in [1.165, 1.54) is 30.4 Å². The molecule has 0 unspecified atom stereocenters. The van der Waals surface area contributed by atoms with Crippen LogP contribution in [-0.2, 0) is 0 Å². The summed E-state index contributed by atoms with van der Waals surface area (Å²) in [5.41, 5.74) is 2.52. The van der Waals surface area contributed by atoms with Crippen LogP contribution in [-0.4, -0.2) is 43.0 Å². The van der Waals surface area contributed by atoms with Crippen LogP contribution in [0.25, 0.3) is 6.08 Å². The fraction of sp³-hybridized carbons (Fsp3) is 0.389. The monoisotopic (exact) mass is 360 g/mol. The van der Waals surface area contributed by atoms with Gasteiger partial charge in [-0.2, -0.15) is 0 Å². The molecule has 4 heteroatoms. The van der Waals surface area contributed by atoms with E-state index in [4.69, 9.17) is 4.52 Å². The summed E-state index contributed by atoms with van der Waals surface area (Å²) in [4.78, 5) is 3.25. The van der Waals surface area contributed by atoms with Gasteiger partial charge < -0.3 is 0 Å². The van der Waals surface area contributed by atoms with Crippen molar-refractivity contribution in [2.75, 3.05) is 13.1 Å². The summed E-state index contributed by atoms with van der Waals surface area (Å²) in [5.74, 6) is 1.64. The number of nitrogens with zero attached hydrogens (tertiary/aromatic N) is 2. The quantitative estimate of drug-likeness (QED) is 0.789. The van der Waals surface area contributed by atoms with E-state index in [2.05, 4.69) is 46.5 Å². The second-order valence-corrected chi connectivity index (χ2v) is 8.53. The van der Waals surface area contributed by atoms with E-state index in [0.717, 1.165) is 17.4 Å². The van der Waals surface area contributed by atoms with Crippen molar-refractivity contribution in [2.24, 2.45) is 5.92 Å². The Morgan fingerprint density at radius 1 is 1.23 bits per heavy atom. The Morgan fingerprint density at radius 3 is 2.68 bits per heavy atom. The average Bonchev–Trinajstić information content (AvgIpc) is 2.97. The van der Waals surface area contributed by atoms with Crippen molar-refractivity contribution < 1.29 is 4.52 Å². The molecule has 3 fully saturated rings. The van der Waals surface area contributed by atoms with Gasteiger partial charge in [0.2, 0.25) is 0 Å². The number of hydrogen-bond donors (Lipinski definition) is 0. The summed E-state index contributed by atoms with van der Waals surface area (Å²) in [7, 11) is 0. The Balaban J connectivity index is 1.65. The molecular formula is C18H20N2OSe. The van der Waals surface area contributed by atoms with Gasteiger partial charge in [-0.25, -0.2) is 0 Å². The topological polar surface area (TPSA) is 29.3 Å². The summed E-state index contributed by atoms with van der Waals surface area (Å²) >= 11 is 0.446. The van der Waals surface area contributed by atoms with Crippen LogP contribution >= 0.6 is 0 Å². The van der Waals surface area contributed by atoms with Gasteiger partial charge in [0.25, 0.3) is 0 Å². The molecule has 114 valence electrons. The molecule has 3 saturated heterocycles. The summed E-state index contributed by atoms with van der Waals surface area (Å²) in [6.45, 7) is 4.47. The van der Waals surface area contributed by atoms with Gasteiger partial charge in [-0.3, -0.25) is 0 Å². The molecule has 5 rings (SSSR count). The molecular weight excluding hydrogens is 339 g/mol. The standard InChI is InChI=1S/C18H20N2OSe/c1-13-11-15(21-19-13)12-17-14-7-9-20(10-8-14)18(17)22-16-5-3-2-4-6-16/h2-6,11-12,14,18H,7-10H2,1H3/b17-12+/t18-/m1/s1. The van der Waals surface area contributed by atoms with Crippen LogP contribution in [0.4, 0.5) is 0 Å². The first-order chi connectivity index (χ1) is 10.8. The van der Waals surface area contributed by atoms with E-state index < -0.39 is 0 Å². The van der Waals surface area contributed by atoms with Crippen LogP contribution < -0.4 is 4.46 Å². The van der Waals surface area contributed by atoms with Crippen LogP contribution in [0, 0.1) is 12.8 Å². The maximum absolute atomic E-state index is 5.44. The first-order valence-corrected chi connectivity index (χ1v) is 9.75. The van der Waals surface area contributed by atoms with Gasteiger partial charge in [0.1, 0.15) is 0 Å². The summed E-state index contributed by atoms with van der Waals surface area (Å²) in [6.07, 6.45) is 4.85. The van der Waals surface area contributed by atoms with Crippen LogP contribution in [0.2, 0.25) is 0 Å². The number of benzene rings is 1. The molecule has 0 amide bonds. The number of aromatic nitrogens is 1. The first kappa shape index (κ1) is 14.3. The van der Waals surface area contributed by atoms with Gasteiger partial charge in [-0.15, -0.1) is 0 Å². The Hall–Kier alpha value is -1.35. The van der Waals surface area contributed by atoms with E-state index in [9.17, 15) is 0 Å². The molecule has 3 aliphatic heterocycles. The summed E-state index contributed by atoms with van der Waals surface area (Å²) < 4.78 is 6.91. The molecule has 0 N–H and O–H groups in total. The maximum atomic E-state index is 5.44. The molecule has 3 aliphatic rings. The Kier molecular flexibility index (Phi) is 3.91. The van der Waals surface area contributed by atoms with Crippen molar-refractivity contribution in [1.82, 2.24) is 10.1 Å². The van der Waals surface area contributed by atoms with Crippen LogP contribution in [0.1, 0.15) is 24.3 Å². The van der Waals surface area contributed by atoms with Crippen molar-refractivity contribution in [2.45, 2.75) is 24.7 Å². The number of rotatable bonds is 3. The molecule has 1 atom stereocenters. The molecule has 22 heavy (non-hydrogen) atoms. The molecule has 1 aromatic carbocycles. The Morgan fingerprint density at radius 2 is 2.00 bits per heavy atom. The summed E-state index contributed by atoms with van der Waals surface area (Å²) in [5, 5.41) is 4.03. The minimum atomic E-state index is 0.446. The van der Waals surface area contributed by atoms with Crippen molar-refractivity contribution in [3.63, 3.8) is 0 Å². The normalized spacial score (nSPS) is 29.1. The fourth-order valence-corrected chi connectivity index (χ4v) is 6.24. The Labute approximate surface area is 137 Å². The van der Waals surface area contributed by atoms with E-state index in [0.29, 0.717) is 19.9 Å². The van der Waals surface area contributed by atoms with Gasteiger partial charge in [0, 0.05) is 0 Å². The van der Waals surface area contributed by atoms with Gasteiger partial charge in [-0.1, -0.05) is 0 Å². The zero-order valence-corrected chi connectivity index (χ0v) is 14.4. The van der Waals surface area contributed by atoms with Gasteiger partial charge >= 0.3 is 137 Å². The number of piperidine rings is 3. The van der Waals surface area contributed by atoms with E-state index in [-0.39, 0.29) is 0 Å². The van der Waals surface area contributed by atoms with Crippen molar-refractivity contribution >= 4 is 25.5 Å². The molecule has 0 saturated carbocycles. The van der Waals surface area contributed by atoms with E-state index >= 15 is 0 Å². The number of aryl methyl sites for hydroxylation is 1. The van der Waals surface area contributed by atoms with Crippen LogP contribution in [0.3, 0.4) is 0 Å². The molecule has 2 bridgehead atoms. The zero-order chi connectivity index (χ0) is 14.9. The molecule has 0 radical (unpaired) electrons. The van der Waals surface area contributed by atoms with E-state index in [1.54, 1.807) is 5.57 Å². The second kappa shape index (κ2) is 6.04. The molecule has 4 heterocycles. The van der Waals surface area contributed by atoms with E-state index in [1.807, 2.05) is 13.0 Å². The molecule has 0 aliphatic carbocycles. The summed E-state index contributed by atoms with van der Waals surface area (Å²) in [6, 6.07) is 13.0. The van der Waals surface area contributed by atoms with Gasteiger partial charge in [-0.05, 0) is 0 Å². The third-order valence-corrected chi connectivity index (χ3v) is 7.37. The second-order valence-electron chi connectivity index (χ2n) is 6.11.